The summed E-state index contributed by atoms with van der Waals surface area (Å²) in [5.41, 5.74) is 6.02. The number of nitrogens with zero attached hydrogens (tertiary/aromatic N) is 1. The monoisotopic (exact) mass is 223 g/mol. The Bertz CT molecular complexity index is 360. The highest BCUT2D eigenvalue weighted by Crippen LogP contribution is 2.09. The van der Waals surface area contributed by atoms with E-state index in [1.54, 1.807) is 12.1 Å². The predicted molar refractivity (Wildman–Crippen MR) is 57.8 cm³/mol. The van der Waals surface area contributed by atoms with Crippen LogP contribution in [-0.2, 0) is 14.3 Å². The number of nitrogens with two attached hydrogens (primary N) is 1. The molecule has 6 nitrogen and oxygen atoms in total. The fraction of sp³-hybridized carbons (Fsp3) is 0.400. The van der Waals surface area contributed by atoms with E-state index in [4.69, 9.17) is 15.2 Å². The molecule has 1 aromatic rings. The van der Waals surface area contributed by atoms with Crippen molar-refractivity contribution >= 4 is 17.4 Å². The third kappa shape index (κ3) is 2.68. The molecule has 1 aromatic heterocycles. The minimum atomic E-state index is -0.550. The van der Waals surface area contributed by atoms with E-state index in [0.29, 0.717) is 24.7 Å². The molecule has 1 atom stereocenters. The third-order valence-electron chi connectivity index (χ3n) is 2.16. The van der Waals surface area contributed by atoms with Gasteiger partial charge in [0.15, 0.2) is 6.10 Å². The zero-order chi connectivity index (χ0) is 11.4. The van der Waals surface area contributed by atoms with Crippen LogP contribution in [0.1, 0.15) is 0 Å². The van der Waals surface area contributed by atoms with Crippen molar-refractivity contribution in [2.24, 2.45) is 0 Å². The topological polar surface area (TPSA) is 86.5 Å². The van der Waals surface area contributed by atoms with Crippen molar-refractivity contribution in [2.45, 2.75) is 6.10 Å². The smallest absolute Gasteiger partial charge is 0.255 e. The molecule has 1 saturated heterocycles. The van der Waals surface area contributed by atoms with Crippen molar-refractivity contribution in [1.29, 1.82) is 0 Å². The quantitative estimate of drug-likeness (QED) is 0.738. The second kappa shape index (κ2) is 4.91. The Kier molecular flexibility index (Phi) is 3.33. The highest BCUT2D eigenvalue weighted by atomic mass is 16.6. The van der Waals surface area contributed by atoms with Crippen LogP contribution in [0, 0.1) is 0 Å². The molecule has 3 N–H and O–H groups in total. The van der Waals surface area contributed by atoms with Crippen LogP contribution in [0.5, 0.6) is 0 Å². The number of nitrogen functional groups attached to an aromatic ring is 1. The number of amides is 1. The number of anilines is 2. The Morgan fingerprint density at radius 3 is 3.00 bits per heavy atom. The van der Waals surface area contributed by atoms with Crippen molar-refractivity contribution in [3.8, 4) is 0 Å². The Hall–Kier alpha value is -1.66. The van der Waals surface area contributed by atoms with Crippen LogP contribution >= 0.6 is 0 Å². The Labute approximate surface area is 92.7 Å². The van der Waals surface area contributed by atoms with Crippen LogP contribution in [0.25, 0.3) is 0 Å². The first-order valence-electron chi connectivity index (χ1n) is 4.97. The van der Waals surface area contributed by atoms with Gasteiger partial charge in [0.2, 0.25) is 0 Å². The van der Waals surface area contributed by atoms with Gasteiger partial charge < -0.3 is 20.5 Å². The van der Waals surface area contributed by atoms with Gasteiger partial charge in [0.25, 0.3) is 5.91 Å². The first-order chi connectivity index (χ1) is 7.75. The largest absolute Gasteiger partial charge is 0.384 e. The summed E-state index contributed by atoms with van der Waals surface area (Å²) >= 11 is 0. The maximum atomic E-state index is 11.7. The van der Waals surface area contributed by atoms with Gasteiger partial charge >= 0.3 is 0 Å². The molecule has 2 rings (SSSR count). The summed E-state index contributed by atoms with van der Waals surface area (Å²) in [5, 5.41) is 2.68. The van der Waals surface area contributed by atoms with Crippen molar-refractivity contribution in [2.75, 3.05) is 30.9 Å². The molecule has 1 aliphatic rings. The number of nitrogens with one attached hydrogen (secondary N) is 1. The van der Waals surface area contributed by atoms with Crippen LogP contribution in [0.3, 0.4) is 0 Å². The van der Waals surface area contributed by atoms with Gasteiger partial charge in [-0.25, -0.2) is 4.98 Å². The van der Waals surface area contributed by atoms with Crippen molar-refractivity contribution in [3.05, 3.63) is 18.3 Å². The summed E-state index contributed by atoms with van der Waals surface area (Å²) in [6.07, 6.45) is 0.947. The molecule has 0 saturated carbocycles. The number of hydrogen-bond donors (Lipinski definition) is 2. The van der Waals surface area contributed by atoms with E-state index in [0.717, 1.165) is 0 Å². The molecule has 6 heteroatoms. The number of carbonyl (C=O) groups is 1. The van der Waals surface area contributed by atoms with Crippen LogP contribution in [0.4, 0.5) is 11.5 Å². The van der Waals surface area contributed by atoms with Crippen LogP contribution in [0.15, 0.2) is 18.3 Å². The summed E-state index contributed by atoms with van der Waals surface area (Å²) in [5.74, 6) is 0.182. The summed E-state index contributed by atoms with van der Waals surface area (Å²) in [7, 11) is 0. The lowest BCUT2D eigenvalue weighted by Gasteiger charge is -2.21. The normalized spacial score (nSPS) is 20.4. The van der Waals surface area contributed by atoms with Gasteiger partial charge in [-0.1, -0.05) is 0 Å². The molecule has 1 aliphatic heterocycles. The average molecular weight is 223 g/mol. The summed E-state index contributed by atoms with van der Waals surface area (Å²) in [6.45, 7) is 1.26. The molecule has 1 unspecified atom stereocenters. The first kappa shape index (κ1) is 10.8. The molecule has 1 fully saturated rings. The van der Waals surface area contributed by atoms with E-state index < -0.39 is 6.10 Å². The lowest BCUT2D eigenvalue weighted by molar-refractivity contribution is -0.142. The van der Waals surface area contributed by atoms with E-state index in [2.05, 4.69) is 10.3 Å². The van der Waals surface area contributed by atoms with E-state index >= 15 is 0 Å². The Morgan fingerprint density at radius 2 is 2.38 bits per heavy atom. The minimum absolute atomic E-state index is 0.230. The SMILES string of the molecule is Nc1ccc(NC(=O)C2COCCO2)cn1. The molecule has 1 amide bonds. The number of pyridine rings is 1. The Balaban J connectivity index is 1.93. The molecule has 2 heterocycles. The van der Waals surface area contributed by atoms with Crippen LogP contribution in [0.2, 0.25) is 0 Å². The van der Waals surface area contributed by atoms with Gasteiger partial charge in [0.1, 0.15) is 5.82 Å². The second-order valence-electron chi connectivity index (χ2n) is 3.40. The fourth-order valence-electron chi connectivity index (χ4n) is 1.34. The molecule has 0 spiro atoms. The van der Waals surface area contributed by atoms with E-state index in [-0.39, 0.29) is 12.5 Å². The van der Waals surface area contributed by atoms with Gasteiger partial charge in [-0.05, 0) is 12.1 Å². The van der Waals surface area contributed by atoms with Gasteiger partial charge in [0.05, 0.1) is 31.7 Å². The molecular weight excluding hydrogens is 210 g/mol. The number of aromatic nitrogens is 1. The number of rotatable bonds is 2. The summed E-state index contributed by atoms with van der Waals surface area (Å²) in [4.78, 5) is 15.5. The van der Waals surface area contributed by atoms with Crippen molar-refractivity contribution in [1.82, 2.24) is 4.98 Å². The summed E-state index contributed by atoms with van der Waals surface area (Å²) in [6, 6.07) is 3.30. The van der Waals surface area contributed by atoms with Crippen LogP contribution < -0.4 is 11.1 Å². The summed E-state index contributed by atoms with van der Waals surface area (Å²) < 4.78 is 10.4. The number of carbonyl (C=O) groups excluding carboxylic acids is 1. The van der Waals surface area contributed by atoms with E-state index in [1.807, 2.05) is 0 Å². The third-order valence-corrected chi connectivity index (χ3v) is 2.16. The number of hydrogen-bond acceptors (Lipinski definition) is 5. The molecule has 0 bridgehead atoms. The molecule has 0 aliphatic carbocycles. The highest BCUT2D eigenvalue weighted by Gasteiger charge is 2.22. The van der Waals surface area contributed by atoms with Gasteiger partial charge in [-0.2, -0.15) is 0 Å². The highest BCUT2D eigenvalue weighted by molar-refractivity contribution is 5.94. The lowest BCUT2D eigenvalue weighted by atomic mass is 10.3. The van der Waals surface area contributed by atoms with Gasteiger partial charge in [0, 0.05) is 0 Å². The fourth-order valence-corrected chi connectivity index (χ4v) is 1.34. The molecular formula is C10H13N3O3. The van der Waals surface area contributed by atoms with Gasteiger partial charge in [-0.3, -0.25) is 4.79 Å². The maximum Gasteiger partial charge on any atom is 0.255 e. The van der Waals surface area contributed by atoms with Crippen molar-refractivity contribution in [3.63, 3.8) is 0 Å². The average Bonchev–Trinajstić information content (AvgIpc) is 2.33. The predicted octanol–water partition coefficient (Wildman–Crippen LogP) is 0.0177. The van der Waals surface area contributed by atoms with Crippen molar-refractivity contribution < 1.29 is 14.3 Å². The van der Waals surface area contributed by atoms with E-state index in [9.17, 15) is 4.79 Å². The van der Waals surface area contributed by atoms with Gasteiger partial charge in [-0.15, -0.1) is 0 Å². The molecule has 86 valence electrons. The molecule has 0 radical (unpaired) electrons. The zero-order valence-electron chi connectivity index (χ0n) is 8.68. The van der Waals surface area contributed by atoms with E-state index in [1.165, 1.54) is 6.20 Å². The minimum Gasteiger partial charge on any atom is -0.384 e. The first-order valence-corrected chi connectivity index (χ1v) is 4.97. The molecule has 0 aromatic carbocycles. The zero-order valence-corrected chi connectivity index (χ0v) is 8.68. The standard InChI is InChI=1S/C10H13N3O3/c11-9-2-1-7(5-12-9)13-10(14)8-6-15-3-4-16-8/h1-2,5,8H,3-4,6H2,(H2,11,12)(H,13,14). The lowest BCUT2D eigenvalue weighted by Crippen LogP contribution is -2.39. The number of ether oxygens (including phenoxy) is 2. The second-order valence-corrected chi connectivity index (χ2v) is 3.40. The maximum absolute atomic E-state index is 11.7. The van der Waals surface area contributed by atoms with Crippen LogP contribution in [-0.4, -0.2) is 36.8 Å². The Morgan fingerprint density at radius 1 is 1.50 bits per heavy atom. The molecule has 16 heavy (non-hydrogen) atoms.